The highest BCUT2D eigenvalue weighted by Crippen LogP contribution is 2.17. The highest BCUT2D eigenvalue weighted by atomic mass is 32.2. The highest BCUT2D eigenvalue weighted by molar-refractivity contribution is 7.89. The van der Waals surface area contributed by atoms with E-state index in [2.05, 4.69) is 9.88 Å². The summed E-state index contributed by atoms with van der Waals surface area (Å²) in [6, 6.07) is 6.33. The summed E-state index contributed by atoms with van der Waals surface area (Å²) in [4.78, 5) is 0.0780. The zero-order chi connectivity index (χ0) is 14.8. The van der Waals surface area contributed by atoms with Crippen LogP contribution in [0.5, 0.6) is 0 Å². The average Bonchev–Trinajstić information content (AvgIpc) is 2.76. The van der Waals surface area contributed by atoms with Gasteiger partial charge in [-0.15, -0.1) is 0 Å². The maximum absolute atomic E-state index is 12.3. The van der Waals surface area contributed by atoms with Crippen molar-refractivity contribution in [3.8, 4) is 0 Å². The molecule has 0 saturated heterocycles. The molecule has 0 aliphatic rings. The van der Waals surface area contributed by atoms with Crippen molar-refractivity contribution in [1.29, 1.82) is 0 Å². The summed E-state index contributed by atoms with van der Waals surface area (Å²) >= 11 is 0. The monoisotopic (exact) mass is 296 g/mol. The third-order valence-electron chi connectivity index (χ3n) is 3.05. The van der Waals surface area contributed by atoms with Gasteiger partial charge in [0.05, 0.1) is 17.2 Å². The Balaban J connectivity index is 2.24. The summed E-state index contributed by atoms with van der Waals surface area (Å²) in [7, 11) is -3.69. The largest absolute Gasteiger partial charge is 0.392 e. The van der Waals surface area contributed by atoms with Crippen LogP contribution in [0.1, 0.15) is 22.6 Å². The standard InChI is InChI=1S/C13H16N2O4S/c1-9-12(10(2)19-15-9)7-14-20(17,18)13-6-4-3-5-11(13)8-16/h3-6,14,16H,7-8H2,1-2H3. The van der Waals surface area contributed by atoms with E-state index in [0.717, 1.165) is 5.56 Å². The molecule has 0 atom stereocenters. The number of aryl methyl sites for hydroxylation is 2. The van der Waals surface area contributed by atoms with Crippen LogP contribution >= 0.6 is 0 Å². The molecule has 0 amide bonds. The van der Waals surface area contributed by atoms with Crippen LogP contribution in [0.25, 0.3) is 0 Å². The first-order valence-corrected chi connectivity index (χ1v) is 7.54. The first kappa shape index (κ1) is 14.7. The lowest BCUT2D eigenvalue weighted by atomic mass is 10.2. The van der Waals surface area contributed by atoms with Crippen LogP contribution in [0, 0.1) is 13.8 Å². The minimum atomic E-state index is -3.69. The van der Waals surface area contributed by atoms with Crippen LogP contribution in [-0.2, 0) is 23.2 Å². The van der Waals surface area contributed by atoms with Gasteiger partial charge in [-0.2, -0.15) is 0 Å². The lowest BCUT2D eigenvalue weighted by Gasteiger charge is -2.09. The second-order valence-corrected chi connectivity index (χ2v) is 6.13. The Morgan fingerprint density at radius 3 is 2.60 bits per heavy atom. The van der Waals surface area contributed by atoms with E-state index < -0.39 is 10.0 Å². The van der Waals surface area contributed by atoms with Crippen LogP contribution in [0.15, 0.2) is 33.7 Å². The molecule has 108 valence electrons. The number of aliphatic hydroxyl groups is 1. The molecule has 0 spiro atoms. The smallest absolute Gasteiger partial charge is 0.241 e. The fraction of sp³-hybridized carbons (Fsp3) is 0.308. The summed E-state index contributed by atoms with van der Waals surface area (Å²) in [5.41, 5.74) is 1.73. The molecule has 1 aromatic heterocycles. The third-order valence-corrected chi connectivity index (χ3v) is 4.55. The molecule has 2 rings (SSSR count). The lowest BCUT2D eigenvalue weighted by molar-refractivity contribution is 0.278. The van der Waals surface area contributed by atoms with Gasteiger partial charge in [-0.05, 0) is 25.5 Å². The number of aromatic nitrogens is 1. The van der Waals surface area contributed by atoms with Crippen molar-refractivity contribution >= 4 is 10.0 Å². The van der Waals surface area contributed by atoms with E-state index in [9.17, 15) is 13.5 Å². The Morgan fingerprint density at radius 1 is 1.30 bits per heavy atom. The van der Waals surface area contributed by atoms with Crippen LogP contribution in [0.3, 0.4) is 0 Å². The van der Waals surface area contributed by atoms with Crippen molar-refractivity contribution < 1.29 is 18.0 Å². The van der Waals surface area contributed by atoms with E-state index in [1.807, 2.05) is 0 Å². The molecule has 20 heavy (non-hydrogen) atoms. The molecular weight excluding hydrogens is 280 g/mol. The van der Waals surface area contributed by atoms with E-state index in [-0.39, 0.29) is 18.0 Å². The average molecular weight is 296 g/mol. The molecule has 0 bridgehead atoms. The normalized spacial score (nSPS) is 11.8. The van der Waals surface area contributed by atoms with Gasteiger partial charge in [0.1, 0.15) is 5.76 Å². The van der Waals surface area contributed by atoms with Gasteiger partial charge < -0.3 is 9.63 Å². The number of hydrogen-bond donors (Lipinski definition) is 2. The molecule has 2 N–H and O–H groups in total. The maximum atomic E-state index is 12.3. The maximum Gasteiger partial charge on any atom is 0.241 e. The first-order chi connectivity index (χ1) is 9.45. The van der Waals surface area contributed by atoms with Gasteiger partial charge in [0, 0.05) is 12.1 Å². The number of nitrogens with zero attached hydrogens (tertiary/aromatic N) is 1. The third kappa shape index (κ3) is 2.90. The quantitative estimate of drug-likeness (QED) is 0.866. The van der Waals surface area contributed by atoms with E-state index in [1.165, 1.54) is 6.07 Å². The van der Waals surface area contributed by atoms with Gasteiger partial charge in [0.2, 0.25) is 10.0 Å². The van der Waals surface area contributed by atoms with Crippen LogP contribution in [-0.4, -0.2) is 18.7 Å². The van der Waals surface area contributed by atoms with Crippen molar-refractivity contribution in [2.45, 2.75) is 31.9 Å². The van der Waals surface area contributed by atoms with Crippen LogP contribution < -0.4 is 4.72 Å². The topological polar surface area (TPSA) is 92.4 Å². The lowest BCUT2D eigenvalue weighted by Crippen LogP contribution is -2.24. The zero-order valence-electron chi connectivity index (χ0n) is 11.3. The Morgan fingerprint density at radius 2 is 2.00 bits per heavy atom. The number of hydrogen-bond acceptors (Lipinski definition) is 5. The summed E-state index contributed by atoms with van der Waals surface area (Å²) < 4.78 is 32.0. The Labute approximate surface area is 117 Å². The summed E-state index contributed by atoms with van der Waals surface area (Å²) in [6.07, 6.45) is 0. The molecule has 0 aliphatic heterocycles. The molecule has 2 aromatic rings. The predicted octanol–water partition coefficient (Wildman–Crippen LogP) is 1.26. The molecule has 0 fully saturated rings. The van der Waals surface area contributed by atoms with Crippen LogP contribution in [0.4, 0.5) is 0 Å². The van der Waals surface area contributed by atoms with Crippen molar-refractivity contribution in [3.63, 3.8) is 0 Å². The minimum absolute atomic E-state index is 0.0780. The SMILES string of the molecule is Cc1noc(C)c1CNS(=O)(=O)c1ccccc1CO. The number of nitrogens with one attached hydrogen (secondary N) is 1. The Hall–Kier alpha value is -1.70. The van der Waals surface area contributed by atoms with Gasteiger partial charge >= 0.3 is 0 Å². The molecule has 1 heterocycles. The molecule has 0 radical (unpaired) electrons. The predicted molar refractivity (Wildman–Crippen MR) is 72.4 cm³/mol. The minimum Gasteiger partial charge on any atom is -0.392 e. The number of aliphatic hydroxyl groups excluding tert-OH is 1. The van der Waals surface area contributed by atoms with Crippen LogP contribution in [0.2, 0.25) is 0 Å². The van der Waals surface area contributed by atoms with Crippen molar-refractivity contribution in [2.24, 2.45) is 0 Å². The molecule has 0 unspecified atom stereocenters. The summed E-state index contributed by atoms with van der Waals surface area (Å²) in [5, 5.41) is 13.0. The second kappa shape index (κ2) is 5.74. The molecular formula is C13H16N2O4S. The van der Waals surface area contributed by atoms with E-state index in [0.29, 0.717) is 17.0 Å². The second-order valence-electron chi connectivity index (χ2n) is 4.39. The van der Waals surface area contributed by atoms with Gasteiger partial charge in [-0.1, -0.05) is 23.4 Å². The van der Waals surface area contributed by atoms with E-state index >= 15 is 0 Å². The number of rotatable bonds is 5. The van der Waals surface area contributed by atoms with Crippen molar-refractivity contribution in [2.75, 3.05) is 0 Å². The van der Waals surface area contributed by atoms with Gasteiger partial charge in [-0.3, -0.25) is 0 Å². The van der Waals surface area contributed by atoms with Crippen molar-refractivity contribution in [3.05, 3.63) is 46.8 Å². The first-order valence-electron chi connectivity index (χ1n) is 6.06. The molecule has 7 heteroatoms. The Kier molecular flexibility index (Phi) is 4.22. The van der Waals surface area contributed by atoms with E-state index in [1.54, 1.807) is 32.0 Å². The number of benzene rings is 1. The fourth-order valence-electron chi connectivity index (χ4n) is 1.90. The van der Waals surface area contributed by atoms with E-state index in [4.69, 9.17) is 4.52 Å². The Bertz CT molecular complexity index is 687. The summed E-state index contributed by atoms with van der Waals surface area (Å²) in [6.45, 7) is 3.25. The van der Waals surface area contributed by atoms with Gasteiger partial charge in [0.25, 0.3) is 0 Å². The van der Waals surface area contributed by atoms with Gasteiger partial charge in [-0.25, -0.2) is 13.1 Å². The number of sulfonamides is 1. The molecule has 0 saturated carbocycles. The van der Waals surface area contributed by atoms with Gasteiger partial charge in [0.15, 0.2) is 0 Å². The zero-order valence-corrected chi connectivity index (χ0v) is 12.1. The van der Waals surface area contributed by atoms with Crippen molar-refractivity contribution in [1.82, 2.24) is 9.88 Å². The molecule has 6 nitrogen and oxygen atoms in total. The highest BCUT2D eigenvalue weighted by Gasteiger charge is 2.19. The molecule has 0 aliphatic carbocycles. The fourth-order valence-corrected chi connectivity index (χ4v) is 3.12. The molecule has 1 aromatic carbocycles. The summed E-state index contributed by atoms with van der Waals surface area (Å²) in [5.74, 6) is 0.584.